The molecule has 0 aromatic rings. The lowest BCUT2D eigenvalue weighted by Crippen LogP contribution is -2.44. The molecule has 6 heteroatoms. The van der Waals surface area contributed by atoms with Gasteiger partial charge in [-0.3, -0.25) is 9.59 Å². The van der Waals surface area contributed by atoms with Gasteiger partial charge in [0.15, 0.2) is 0 Å². The minimum absolute atomic E-state index is 0.254. The van der Waals surface area contributed by atoms with Crippen LogP contribution in [0.2, 0.25) is 0 Å². The van der Waals surface area contributed by atoms with E-state index < -0.39 is 24.4 Å². The highest BCUT2D eigenvalue weighted by molar-refractivity contribution is 5.87. The number of nitrogens with one attached hydrogen (secondary N) is 1. The van der Waals surface area contributed by atoms with Gasteiger partial charge in [-0.1, -0.05) is 12.2 Å². The van der Waals surface area contributed by atoms with E-state index in [4.69, 9.17) is 10.2 Å². The maximum absolute atomic E-state index is 11.7. The van der Waals surface area contributed by atoms with E-state index in [1.165, 1.54) is 0 Å². The van der Waals surface area contributed by atoms with Crippen molar-refractivity contribution in [1.82, 2.24) is 5.32 Å². The second-order valence-corrected chi connectivity index (χ2v) is 3.98. The van der Waals surface area contributed by atoms with Crippen molar-refractivity contribution in [3.8, 4) is 0 Å². The Morgan fingerprint density at radius 2 is 2.00 bits per heavy atom. The smallest absolute Gasteiger partial charge is 0.326 e. The van der Waals surface area contributed by atoms with E-state index in [9.17, 15) is 14.4 Å². The summed E-state index contributed by atoms with van der Waals surface area (Å²) in [4.78, 5) is 32.9. The first-order chi connectivity index (χ1) is 8.00. The highest BCUT2D eigenvalue weighted by atomic mass is 16.4. The molecule has 0 radical (unpaired) electrons. The van der Waals surface area contributed by atoms with Crippen molar-refractivity contribution in [2.75, 3.05) is 0 Å². The van der Waals surface area contributed by atoms with Crippen LogP contribution >= 0.6 is 0 Å². The number of hydrogen-bond donors (Lipinski definition) is 3. The fourth-order valence-electron chi connectivity index (χ4n) is 1.70. The molecule has 1 aliphatic carbocycles. The first kappa shape index (κ1) is 13.2. The Morgan fingerprint density at radius 1 is 1.29 bits per heavy atom. The maximum atomic E-state index is 11.7. The van der Waals surface area contributed by atoms with Gasteiger partial charge in [0.1, 0.15) is 6.04 Å². The molecule has 1 rings (SSSR count). The summed E-state index contributed by atoms with van der Waals surface area (Å²) in [6.45, 7) is 0. The van der Waals surface area contributed by atoms with E-state index in [0.29, 0.717) is 12.8 Å². The van der Waals surface area contributed by atoms with Crippen molar-refractivity contribution in [1.29, 1.82) is 0 Å². The van der Waals surface area contributed by atoms with Crippen LogP contribution in [0.1, 0.15) is 25.7 Å². The van der Waals surface area contributed by atoms with Crippen molar-refractivity contribution >= 4 is 17.8 Å². The third-order valence-electron chi connectivity index (χ3n) is 2.63. The van der Waals surface area contributed by atoms with Crippen LogP contribution in [0.4, 0.5) is 0 Å². The molecule has 2 atom stereocenters. The third-order valence-corrected chi connectivity index (χ3v) is 2.63. The van der Waals surface area contributed by atoms with Crippen molar-refractivity contribution in [3.05, 3.63) is 12.2 Å². The minimum Gasteiger partial charge on any atom is -0.481 e. The second-order valence-electron chi connectivity index (χ2n) is 3.98. The fourth-order valence-corrected chi connectivity index (χ4v) is 1.70. The summed E-state index contributed by atoms with van der Waals surface area (Å²) in [5.41, 5.74) is 0. The molecule has 0 heterocycles. The number of hydrogen-bond acceptors (Lipinski definition) is 3. The van der Waals surface area contributed by atoms with E-state index in [0.717, 1.165) is 6.42 Å². The first-order valence-corrected chi connectivity index (χ1v) is 5.40. The number of carboxylic acid groups (broad SMARTS) is 2. The van der Waals surface area contributed by atoms with E-state index in [1.54, 1.807) is 0 Å². The normalized spacial score (nSPS) is 20.6. The van der Waals surface area contributed by atoms with Crippen LogP contribution in [-0.2, 0) is 14.4 Å². The number of carbonyl (C=O) groups is 3. The summed E-state index contributed by atoms with van der Waals surface area (Å²) < 4.78 is 0. The lowest BCUT2D eigenvalue weighted by molar-refractivity contribution is -0.147. The van der Waals surface area contributed by atoms with Gasteiger partial charge in [-0.05, 0) is 19.3 Å². The predicted molar refractivity (Wildman–Crippen MR) is 58.3 cm³/mol. The van der Waals surface area contributed by atoms with Gasteiger partial charge in [0.05, 0.1) is 6.42 Å². The molecular formula is C11H15NO5. The Labute approximate surface area is 98.3 Å². The number of rotatable bonds is 5. The van der Waals surface area contributed by atoms with E-state index in [-0.39, 0.29) is 11.8 Å². The standard InChI is InChI=1S/C11H15NO5/c13-9(14)6-8(11(16)17)12-10(15)7-4-2-1-3-5-7/h1-2,7-8H,3-6H2,(H,12,15)(H,13,14)(H,16,17)/t7?,8-/m1/s1. The second kappa shape index (κ2) is 6.03. The number of aliphatic carboxylic acids is 2. The minimum atomic E-state index is -1.36. The highest BCUT2D eigenvalue weighted by Crippen LogP contribution is 2.18. The zero-order chi connectivity index (χ0) is 12.8. The zero-order valence-electron chi connectivity index (χ0n) is 9.26. The molecule has 0 aromatic heterocycles. The van der Waals surface area contributed by atoms with Gasteiger partial charge in [0.2, 0.25) is 5.91 Å². The molecule has 0 saturated carbocycles. The van der Waals surface area contributed by atoms with Crippen LogP contribution < -0.4 is 5.32 Å². The summed E-state index contributed by atoms with van der Waals surface area (Å²) in [7, 11) is 0. The third kappa shape index (κ3) is 4.26. The molecule has 1 unspecified atom stereocenters. The molecule has 1 amide bonds. The predicted octanol–water partition coefficient (Wildman–Crippen LogP) is 0.387. The summed E-state index contributed by atoms with van der Waals surface area (Å²) in [5.74, 6) is -3.22. The number of carbonyl (C=O) groups excluding carboxylic acids is 1. The molecule has 1 aliphatic rings. The Morgan fingerprint density at radius 3 is 2.47 bits per heavy atom. The molecule has 6 nitrogen and oxygen atoms in total. The van der Waals surface area contributed by atoms with E-state index in [1.807, 2.05) is 12.2 Å². The van der Waals surface area contributed by atoms with Crippen LogP contribution in [0.25, 0.3) is 0 Å². The van der Waals surface area contributed by atoms with Crippen LogP contribution in [0.15, 0.2) is 12.2 Å². The van der Waals surface area contributed by atoms with Gasteiger partial charge < -0.3 is 15.5 Å². The van der Waals surface area contributed by atoms with Crippen molar-refractivity contribution in [2.45, 2.75) is 31.7 Å². The van der Waals surface area contributed by atoms with Gasteiger partial charge in [0, 0.05) is 5.92 Å². The van der Waals surface area contributed by atoms with Gasteiger partial charge in [0.25, 0.3) is 0 Å². The largest absolute Gasteiger partial charge is 0.481 e. The number of carboxylic acids is 2. The van der Waals surface area contributed by atoms with Crippen LogP contribution in [0.3, 0.4) is 0 Å². The Bertz CT molecular complexity index is 350. The molecule has 0 aromatic carbocycles. The summed E-state index contributed by atoms with van der Waals surface area (Å²) in [6.07, 6.45) is 5.27. The molecule has 94 valence electrons. The molecule has 0 bridgehead atoms. The van der Waals surface area contributed by atoms with Crippen LogP contribution in [-0.4, -0.2) is 34.1 Å². The quantitative estimate of drug-likeness (QED) is 0.604. The van der Waals surface area contributed by atoms with Crippen molar-refractivity contribution in [2.24, 2.45) is 5.92 Å². The molecule has 3 N–H and O–H groups in total. The molecule has 0 fully saturated rings. The van der Waals surface area contributed by atoms with Crippen molar-refractivity contribution in [3.63, 3.8) is 0 Å². The maximum Gasteiger partial charge on any atom is 0.326 e. The zero-order valence-corrected chi connectivity index (χ0v) is 9.26. The molecule has 0 saturated heterocycles. The average molecular weight is 241 g/mol. The molecule has 0 spiro atoms. The topological polar surface area (TPSA) is 104 Å². The fraction of sp³-hybridized carbons (Fsp3) is 0.545. The average Bonchev–Trinajstić information content (AvgIpc) is 2.28. The summed E-state index contributed by atoms with van der Waals surface area (Å²) in [6, 6.07) is -1.36. The Hall–Kier alpha value is -1.85. The summed E-state index contributed by atoms with van der Waals surface area (Å²) in [5, 5.41) is 19.6. The summed E-state index contributed by atoms with van der Waals surface area (Å²) >= 11 is 0. The Kier molecular flexibility index (Phi) is 4.68. The number of allylic oxidation sites excluding steroid dienone is 2. The lowest BCUT2D eigenvalue weighted by Gasteiger charge is -2.20. The van der Waals surface area contributed by atoms with Crippen LogP contribution in [0, 0.1) is 5.92 Å². The monoisotopic (exact) mass is 241 g/mol. The Balaban J connectivity index is 2.54. The number of amides is 1. The molecular weight excluding hydrogens is 226 g/mol. The van der Waals surface area contributed by atoms with Gasteiger partial charge in [-0.25, -0.2) is 4.79 Å². The molecule has 17 heavy (non-hydrogen) atoms. The first-order valence-electron chi connectivity index (χ1n) is 5.40. The van der Waals surface area contributed by atoms with E-state index >= 15 is 0 Å². The van der Waals surface area contributed by atoms with Gasteiger partial charge in [-0.15, -0.1) is 0 Å². The lowest BCUT2D eigenvalue weighted by atomic mass is 9.93. The van der Waals surface area contributed by atoms with Crippen molar-refractivity contribution < 1.29 is 24.6 Å². The van der Waals surface area contributed by atoms with Crippen LogP contribution in [0.5, 0.6) is 0 Å². The van der Waals surface area contributed by atoms with Gasteiger partial charge in [-0.2, -0.15) is 0 Å². The molecule has 0 aliphatic heterocycles. The SMILES string of the molecule is O=C(O)C[C@@H](NC(=O)C1CC=CCC1)C(=O)O. The highest BCUT2D eigenvalue weighted by Gasteiger charge is 2.26. The van der Waals surface area contributed by atoms with E-state index in [2.05, 4.69) is 5.32 Å². The van der Waals surface area contributed by atoms with Gasteiger partial charge >= 0.3 is 11.9 Å².